The molecule has 1 saturated carbocycles. The molecular weight excluding hydrogens is 248 g/mol. The first kappa shape index (κ1) is 15.8. The molecule has 1 atom stereocenters. The van der Waals surface area contributed by atoms with Crippen molar-refractivity contribution in [1.82, 2.24) is 10.6 Å². The fourth-order valence-corrected chi connectivity index (χ4v) is 3.73. The van der Waals surface area contributed by atoms with Gasteiger partial charge in [0.2, 0.25) is 5.91 Å². The van der Waals surface area contributed by atoms with E-state index in [1.54, 1.807) is 0 Å². The topological polar surface area (TPSA) is 41.1 Å². The van der Waals surface area contributed by atoms with Gasteiger partial charge >= 0.3 is 0 Å². The summed E-state index contributed by atoms with van der Waals surface area (Å²) in [5, 5.41) is 6.70. The first-order chi connectivity index (χ1) is 9.58. The SMILES string of the molecule is CC1(C)CCCNC1CNC(=O)CCC1CCCCC1. The minimum Gasteiger partial charge on any atom is -0.355 e. The maximum absolute atomic E-state index is 12.0. The van der Waals surface area contributed by atoms with Crippen LogP contribution in [0.2, 0.25) is 0 Å². The van der Waals surface area contributed by atoms with Crippen LogP contribution in [0.3, 0.4) is 0 Å². The molecule has 0 aromatic heterocycles. The third-order valence-corrected chi connectivity index (χ3v) is 5.34. The van der Waals surface area contributed by atoms with Gasteiger partial charge in [-0.1, -0.05) is 46.0 Å². The lowest BCUT2D eigenvalue weighted by Crippen LogP contribution is -2.52. The maximum Gasteiger partial charge on any atom is 0.220 e. The van der Waals surface area contributed by atoms with Crippen LogP contribution < -0.4 is 10.6 Å². The number of rotatable bonds is 5. The van der Waals surface area contributed by atoms with Crippen molar-refractivity contribution < 1.29 is 4.79 Å². The molecule has 3 heteroatoms. The van der Waals surface area contributed by atoms with Crippen LogP contribution in [0.1, 0.15) is 71.6 Å². The van der Waals surface area contributed by atoms with E-state index in [2.05, 4.69) is 24.5 Å². The van der Waals surface area contributed by atoms with Crippen LogP contribution in [0.25, 0.3) is 0 Å². The third kappa shape index (κ3) is 4.76. The highest BCUT2D eigenvalue weighted by atomic mass is 16.1. The molecule has 3 nitrogen and oxygen atoms in total. The summed E-state index contributed by atoms with van der Waals surface area (Å²) in [6, 6.07) is 0.426. The van der Waals surface area contributed by atoms with Gasteiger partial charge in [0.1, 0.15) is 0 Å². The Morgan fingerprint density at radius 2 is 1.95 bits per heavy atom. The Balaban J connectivity index is 1.64. The summed E-state index contributed by atoms with van der Waals surface area (Å²) in [5.41, 5.74) is 0.300. The number of nitrogens with one attached hydrogen (secondary N) is 2. The highest BCUT2D eigenvalue weighted by Gasteiger charge is 2.31. The summed E-state index contributed by atoms with van der Waals surface area (Å²) in [6.07, 6.45) is 11.1. The van der Waals surface area contributed by atoms with Gasteiger partial charge < -0.3 is 10.6 Å². The molecule has 2 N–H and O–H groups in total. The molecule has 1 saturated heterocycles. The molecule has 1 unspecified atom stereocenters. The van der Waals surface area contributed by atoms with Gasteiger partial charge in [-0.3, -0.25) is 4.79 Å². The van der Waals surface area contributed by atoms with Crippen molar-refractivity contribution in [2.45, 2.75) is 77.7 Å². The number of piperidine rings is 1. The largest absolute Gasteiger partial charge is 0.355 e. The highest BCUT2D eigenvalue weighted by molar-refractivity contribution is 5.75. The monoisotopic (exact) mass is 280 g/mol. The molecule has 2 fully saturated rings. The van der Waals surface area contributed by atoms with Gasteiger partial charge in [0, 0.05) is 19.0 Å². The summed E-state index contributed by atoms with van der Waals surface area (Å²) < 4.78 is 0. The van der Waals surface area contributed by atoms with Crippen molar-refractivity contribution in [2.24, 2.45) is 11.3 Å². The molecule has 0 aromatic rings. The normalized spacial score (nSPS) is 27.2. The molecule has 1 heterocycles. The lowest BCUT2D eigenvalue weighted by molar-refractivity contribution is -0.121. The van der Waals surface area contributed by atoms with Crippen molar-refractivity contribution in [1.29, 1.82) is 0 Å². The van der Waals surface area contributed by atoms with E-state index in [0.717, 1.165) is 31.8 Å². The fourth-order valence-electron chi connectivity index (χ4n) is 3.73. The van der Waals surface area contributed by atoms with Crippen LogP contribution in [0, 0.1) is 11.3 Å². The number of hydrogen-bond donors (Lipinski definition) is 2. The minimum absolute atomic E-state index is 0.249. The van der Waals surface area contributed by atoms with Crippen molar-refractivity contribution in [3.8, 4) is 0 Å². The van der Waals surface area contributed by atoms with Gasteiger partial charge in [-0.15, -0.1) is 0 Å². The van der Waals surface area contributed by atoms with Crippen LogP contribution >= 0.6 is 0 Å². The summed E-state index contributed by atoms with van der Waals surface area (Å²) in [4.78, 5) is 12.0. The lowest BCUT2D eigenvalue weighted by atomic mass is 9.77. The van der Waals surface area contributed by atoms with E-state index in [4.69, 9.17) is 0 Å². The van der Waals surface area contributed by atoms with E-state index in [1.807, 2.05) is 0 Å². The number of carbonyl (C=O) groups excluding carboxylic acids is 1. The van der Waals surface area contributed by atoms with Gasteiger partial charge in [0.05, 0.1) is 0 Å². The second-order valence-corrected chi connectivity index (χ2v) is 7.45. The Morgan fingerprint density at radius 1 is 1.20 bits per heavy atom. The van der Waals surface area contributed by atoms with Gasteiger partial charge in [-0.25, -0.2) is 0 Å². The molecule has 1 aliphatic carbocycles. The Kier molecular flexibility index (Phi) is 5.88. The Labute approximate surface area is 124 Å². The van der Waals surface area contributed by atoms with Crippen molar-refractivity contribution >= 4 is 5.91 Å². The molecule has 2 aliphatic rings. The van der Waals surface area contributed by atoms with Crippen molar-refractivity contribution in [3.63, 3.8) is 0 Å². The predicted octanol–water partition coefficient (Wildman–Crippen LogP) is 3.24. The van der Waals surface area contributed by atoms with E-state index < -0.39 is 0 Å². The number of hydrogen-bond acceptors (Lipinski definition) is 2. The number of amides is 1. The Morgan fingerprint density at radius 3 is 2.65 bits per heavy atom. The average molecular weight is 280 g/mol. The van der Waals surface area contributed by atoms with Crippen molar-refractivity contribution in [2.75, 3.05) is 13.1 Å². The van der Waals surface area contributed by atoms with Crippen LogP contribution in [-0.4, -0.2) is 25.0 Å². The first-order valence-electron chi connectivity index (χ1n) is 8.58. The predicted molar refractivity (Wildman–Crippen MR) is 83.6 cm³/mol. The van der Waals surface area contributed by atoms with Gasteiger partial charge in [0.15, 0.2) is 0 Å². The van der Waals surface area contributed by atoms with Crippen molar-refractivity contribution in [3.05, 3.63) is 0 Å². The molecule has 116 valence electrons. The summed E-state index contributed by atoms with van der Waals surface area (Å²) in [6.45, 7) is 6.48. The average Bonchev–Trinajstić information content (AvgIpc) is 2.44. The molecule has 2 rings (SSSR count). The summed E-state index contributed by atoms with van der Waals surface area (Å²) >= 11 is 0. The van der Waals surface area contributed by atoms with Crippen LogP contribution in [0.4, 0.5) is 0 Å². The second-order valence-electron chi connectivity index (χ2n) is 7.45. The lowest BCUT2D eigenvalue weighted by Gasteiger charge is -2.39. The zero-order valence-electron chi connectivity index (χ0n) is 13.3. The molecule has 1 aliphatic heterocycles. The quantitative estimate of drug-likeness (QED) is 0.811. The second kappa shape index (κ2) is 7.44. The first-order valence-corrected chi connectivity index (χ1v) is 8.58. The standard InChI is InChI=1S/C17H32N2O/c1-17(2)11-6-12-18-15(17)13-19-16(20)10-9-14-7-4-3-5-8-14/h14-15,18H,3-13H2,1-2H3,(H,19,20). The van der Waals surface area contributed by atoms with Crippen LogP contribution in [-0.2, 0) is 4.79 Å². The molecule has 0 aromatic carbocycles. The molecule has 20 heavy (non-hydrogen) atoms. The molecule has 0 radical (unpaired) electrons. The van der Waals surface area contributed by atoms with E-state index >= 15 is 0 Å². The smallest absolute Gasteiger partial charge is 0.220 e. The molecule has 1 amide bonds. The van der Waals surface area contributed by atoms with Gasteiger partial charge in [0.25, 0.3) is 0 Å². The number of carbonyl (C=O) groups is 1. The molecular formula is C17H32N2O. The zero-order valence-corrected chi connectivity index (χ0v) is 13.3. The fraction of sp³-hybridized carbons (Fsp3) is 0.941. The Bertz CT molecular complexity index is 308. The minimum atomic E-state index is 0.249. The van der Waals surface area contributed by atoms with Gasteiger partial charge in [-0.05, 0) is 37.1 Å². The maximum atomic E-state index is 12.0. The van der Waals surface area contributed by atoms with Gasteiger partial charge in [-0.2, -0.15) is 0 Å². The summed E-state index contributed by atoms with van der Waals surface area (Å²) in [7, 11) is 0. The van der Waals surface area contributed by atoms with Crippen LogP contribution in [0.15, 0.2) is 0 Å². The molecule has 0 spiro atoms. The van der Waals surface area contributed by atoms with E-state index in [-0.39, 0.29) is 5.91 Å². The molecule has 0 bridgehead atoms. The Hall–Kier alpha value is -0.570. The van der Waals surface area contributed by atoms with Crippen LogP contribution in [0.5, 0.6) is 0 Å². The van der Waals surface area contributed by atoms with E-state index in [1.165, 1.54) is 44.9 Å². The third-order valence-electron chi connectivity index (χ3n) is 5.34. The van der Waals surface area contributed by atoms with E-state index in [9.17, 15) is 4.79 Å². The summed E-state index contributed by atoms with van der Waals surface area (Å²) in [5.74, 6) is 1.05. The van der Waals surface area contributed by atoms with E-state index in [0.29, 0.717) is 11.5 Å². The highest BCUT2D eigenvalue weighted by Crippen LogP contribution is 2.30. The zero-order chi connectivity index (χ0) is 14.4.